The Hall–Kier alpha value is 1.00. The van der Waals surface area contributed by atoms with E-state index in [2.05, 4.69) is 20.8 Å². The molecular weight excluding hydrogens is 143 g/mol. The normalized spacial score (nSPS) is 9.82. The minimum atomic E-state index is 0. The zero-order valence-electron chi connectivity index (χ0n) is 8.53. The molecule has 0 aromatic heterocycles. The molecule has 1 heteroatoms. The first-order chi connectivity index (χ1) is 4.85. The van der Waals surface area contributed by atoms with Gasteiger partial charge in [-0.3, -0.25) is 0 Å². The van der Waals surface area contributed by atoms with Crippen LogP contribution in [0.25, 0.3) is 0 Å². The van der Waals surface area contributed by atoms with Crippen LogP contribution in [0.15, 0.2) is 0 Å². The third kappa shape index (κ3) is 8.91. The molecule has 0 heterocycles. The molecule has 0 nitrogen and oxygen atoms in total. The fourth-order valence-electron chi connectivity index (χ4n) is 1.31. The molecular formula is C10H21Na. The van der Waals surface area contributed by atoms with Crippen molar-refractivity contribution in [3.8, 4) is 0 Å². The van der Waals surface area contributed by atoms with E-state index in [1.165, 1.54) is 32.1 Å². The zero-order chi connectivity index (χ0) is 7.82. The average molecular weight is 164 g/mol. The molecule has 0 rings (SSSR count). The Balaban J connectivity index is 0. The Labute approximate surface area is 94.4 Å². The summed E-state index contributed by atoms with van der Waals surface area (Å²) in [5.74, 6) is 0.978. The number of unbranched alkanes of at least 4 members (excludes halogenated alkanes) is 2. The van der Waals surface area contributed by atoms with Crippen LogP contribution in [0, 0.1) is 12.8 Å². The predicted octanol–water partition coefficient (Wildman–Crippen LogP) is 0.821. The summed E-state index contributed by atoms with van der Waals surface area (Å²) in [4.78, 5) is 0. The SMILES string of the molecule is [CH2-]CCCCC(CC)CC.[Na+]. The second-order valence-corrected chi connectivity index (χ2v) is 3.03. The Kier molecular flexibility index (Phi) is 14.5. The smallest absolute Gasteiger partial charge is 0.343 e. The summed E-state index contributed by atoms with van der Waals surface area (Å²) < 4.78 is 0. The van der Waals surface area contributed by atoms with Gasteiger partial charge in [-0.15, -0.1) is 0 Å². The summed E-state index contributed by atoms with van der Waals surface area (Å²) in [6.45, 7) is 8.41. The number of hydrogen-bond donors (Lipinski definition) is 0. The fourth-order valence-corrected chi connectivity index (χ4v) is 1.31. The average Bonchev–Trinajstić information content (AvgIpc) is 1.99. The maximum Gasteiger partial charge on any atom is 1.00 e. The second-order valence-electron chi connectivity index (χ2n) is 3.03. The quantitative estimate of drug-likeness (QED) is 0.310. The Morgan fingerprint density at radius 1 is 1.09 bits per heavy atom. The molecule has 0 bridgehead atoms. The van der Waals surface area contributed by atoms with Gasteiger partial charge < -0.3 is 6.92 Å². The van der Waals surface area contributed by atoms with Crippen molar-refractivity contribution in [1.82, 2.24) is 0 Å². The number of hydrogen-bond acceptors (Lipinski definition) is 0. The molecule has 0 radical (unpaired) electrons. The molecule has 0 aliphatic carbocycles. The molecule has 0 spiro atoms. The Morgan fingerprint density at radius 2 is 1.64 bits per heavy atom. The van der Waals surface area contributed by atoms with Crippen LogP contribution in [0.3, 0.4) is 0 Å². The van der Waals surface area contributed by atoms with Gasteiger partial charge in [0, 0.05) is 0 Å². The fraction of sp³-hybridized carbons (Fsp3) is 0.900. The van der Waals surface area contributed by atoms with Crippen molar-refractivity contribution in [3.63, 3.8) is 0 Å². The molecule has 0 atom stereocenters. The van der Waals surface area contributed by atoms with Crippen molar-refractivity contribution in [2.75, 3.05) is 0 Å². The topological polar surface area (TPSA) is 0 Å². The van der Waals surface area contributed by atoms with Gasteiger partial charge in [0.05, 0.1) is 0 Å². The molecule has 0 saturated heterocycles. The first-order valence-electron chi connectivity index (χ1n) is 4.64. The van der Waals surface area contributed by atoms with Crippen LogP contribution >= 0.6 is 0 Å². The molecule has 0 N–H and O–H groups in total. The van der Waals surface area contributed by atoms with Crippen LogP contribution in [0.4, 0.5) is 0 Å². The van der Waals surface area contributed by atoms with E-state index in [0.717, 1.165) is 12.3 Å². The van der Waals surface area contributed by atoms with E-state index in [9.17, 15) is 0 Å². The van der Waals surface area contributed by atoms with Crippen molar-refractivity contribution in [2.24, 2.45) is 5.92 Å². The van der Waals surface area contributed by atoms with E-state index < -0.39 is 0 Å². The molecule has 0 aromatic carbocycles. The van der Waals surface area contributed by atoms with E-state index in [1.807, 2.05) is 0 Å². The largest absolute Gasteiger partial charge is 1.00 e. The van der Waals surface area contributed by atoms with Gasteiger partial charge in [0.25, 0.3) is 0 Å². The molecule has 11 heavy (non-hydrogen) atoms. The third-order valence-corrected chi connectivity index (χ3v) is 2.27. The summed E-state index contributed by atoms with van der Waals surface area (Å²) >= 11 is 0. The van der Waals surface area contributed by atoms with Gasteiger partial charge in [0.1, 0.15) is 0 Å². The zero-order valence-corrected chi connectivity index (χ0v) is 10.5. The van der Waals surface area contributed by atoms with E-state index in [1.54, 1.807) is 0 Å². The monoisotopic (exact) mass is 164 g/mol. The molecule has 0 unspecified atom stereocenters. The Bertz CT molecular complexity index is 57.9. The van der Waals surface area contributed by atoms with Gasteiger partial charge >= 0.3 is 29.6 Å². The molecule has 0 aliphatic heterocycles. The van der Waals surface area contributed by atoms with Crippen molar-refractivity contribution in [2.45, 2.75) is 52.4 Å². The van der Waals surface area contributed by atoms with Crippen molar-refractivity contribution in [3.05, 3.63) is 6.92 Å². The van der Waals surface area contributed by atoms with Gasteiger partial charge in [-0.1, -0.05) is 46.0 Å². The van der Waals surface area contributed by atoms with Crippen LogP contribution in [0.2, 0.25) is 0 Å². The molecule has 0 aliphatic rings. The minimum absolute atomic E-state index is 0. The van der Waals surface area contributed by atoms with Gasteiger partial charge in [0.15, 0.2) is 0 Å². The molecule has 62 valence electrons. The summed E-state index contributed by atoms with van der Waals surface area (Å²) in [7, 11) is 0. The third-order valence-electron chi connectivity index (χ3n) is 2.27. The van der Waals surface area contributed by atoms with E-state index in [-0.39, 0.29) is 29.6 Å². The predicted molar refractivity (Wildman–Crippen MR) is 47.9 cm³/mol. The van der Waals surface area contributed by atoms with E-state index in [0.29, 0.717) is 0 Å². The molecule has 0 amide bonds. The summed E-state index contributed by atoms with van der Waals surface area (Å²) in [5, 5.41) is 0. The van der Waals surface area contributed by atoms with Crippen LogP contribution in [-0.4, -0.2) is 0 Å². The Morgan fingerprint density at radius 3 is 2.00 bits per heavy atom. The van der Waals surface area contributed by atoms with Crippen molar-refractivity contribution < 1.29 is 29.6 Å². The maximum absolute atomic E-state index is 3.83. The van der Waals surface area contributed by atoms with Gasteiger partial charge in [0.2, 0.25) is 0 Å². The summed E-state index contributed by atoms with van der Waals surface area (Å²) in [6, 6.07) is 0. The van der Waals surface area contributed by atoms with Crippen LogP contribution < -0.4 is 29.6 Å². The number of rotatable bonds is 6. The molecule has 0 aromatic rings. The summed E-state index contributed by atoms with van der Waals surface area (Å²) in [5.41, 5.74) is 0. The van der Waals surface area contributed by atoms with Gasteiger partial charge in [-0.2, -0.15) is 6.42 Å². The second kappa shape index (κ2) is 11.0. The van der Waals surface area contributed by atoms with E-state index >= 15 is 0 Å². The van der Waals surface area contributed by atoms with E-state index in [4.69, 9.17) is 0 Å². The standard InChI is InChI=1S/C10H21.Na/c1-4-7-8-9-10(5-2)6-3;/h10H,1,4-9H2,2-3H3;/q-1;+1. The maximum atomic E-state index is 3.83. The minimum Gasteiger partial charge on any atom is -0.343 e. The van der Waals surface area contributed by atoms with Crippen molar-refractivity contribution >= 4 is 0 Å². The van der Waals surface area contributed by atoms with Gasteiger partial charge in [-0.25, -0.2) is 0 Å². The van der Waals surface area contributed by atoms with Crippen LogP contribution in [-0.2, 0) is 0 Å². The van der Waals surface area contributed by atoms with Crippen LogP contribution in [0.5, 0.6) is 0 Å². The molecule has 0 fully saturated rings. The first kappa shape index (κ1) is 14.5. The van der Waals surface area contributed by atoms with Crippen molar-refractivity contribution in [1.29, 1.82) is 0 Å². The van der Waals surface area contributed by atoms with Gasteiger partial charge in [-0.05, 0) is 5.92 Å². The molecule has 0 saturated carbocycles. The van der Waals surface area contributed by atoms with Crippen LogP contribution in [0.1, 0.15) is 52.4 Å². The first-order valence-corrected chi connectivity index (χ1v) is 4.64. The summed E-state index contributed by atoms with van der Waals surface area (Å²) in [6.07, 6.45) is 7.94.